The number of nitrogens with one attached hydrogen (secondary N) is 2. The van der Waals surface area contributed by atoms with Gasteiger partial charge in [-0.2, -0.15) is 0 Å². The first kappa shape index (κ1) is 32.6. The first-order valence-corrected chi connectivity index (χ1v) is 14.8. The molecule has 0 saturated heterocycles. The minimum Gasteiger partial charge on any atom is -1.00 e. The summed E-state index contributed by atoms with van der Waals surface area (Å²) in [6.07, 6.45) is 13.0. The molecule has 1 amide bonds. The Labute approximate surface area is 262 Å². The maximum Gasteiger partial charge on any atom is 0.220 e. The molecule has 2 N–H and O–H groups in total. The minimum atomic E-state index is -0.241. The van der Waals surface area contributed by atoms with Crippen molar-refractivity contribution in [3.63, 3.8) is 0 Å². The Balaban J connectivity index is 0.00000462. The fourth-order valence-corrected chi connectivity index (χ4v) is 5.05. The molecule has 0 aliphatic heterocycles. The van der Waals surface area contributed by atoms with E-state index >= 15 is 0 Å². The lowest BCUT2D eigenvalue weighted by atomic mass is 10.1. The smallest absolute Gasteiger partial charge is 0.220 e. The first-order chi connectivity index (χ1) is 19.6. The highest BCUT2D eigenvalue weighted by Crippen LogP contribution is 2.21. The van der Waals surface area contributed by atoms with Crippen LogP contribution >= 0.6 is 23.2 Å². The van der Waals surface area contributed by atoms with E-state index in [2.05, 4.69) is 44.0 Å². The van der Waals surface area contributed by atoms with Gasteiger partial charge in [-0.1, -0.05) is 24.3 Å². The van der Waals surface area contributed by atoms with Crippen LogP contribution in [0.4, 0.5) is 10.1 Å². The van der Waals surface area contributed by atoms with Crippen molar-refractivity contribution >= 4 is 57.9 Å². The molecule has 4 aromatic rings. The largest absolute Gasteiger partial charge is 1.00 e. The van der Waals surface area contributed by atoms with Gasteiger partial charge in [0.1, 0.15) is 12.4 Å². The Hall–Kier alpha value is -2.87. The predicted molar refractivity (Wildman–Crippen MR) is 164 cm³/mol. The zero-order chi connectivity index (χ0) is 28.2. The number of anilines is 1. The average molecular weight is 662 g/mol. The summed E-state index contributed by atoms with van der Waals surface area (Å²) in [7, 11) is 0. The molecule has 41 heavy (non-hydrogen) atoms. The Bertz CT molecular complexity index is 1390. The molecule has 0 aliphatic carbocycles. The molecule has 0 unspecified atom stereocenters. The van der Waals surface area contributed by atoms with E-state index in [0.29, 0.717) is 24.7 Å². The van der Waals surface area contributed by atoms with Crippen LogP contribution in [-0.2, 0) is 17.8 Å². The SMILES string of the molecule is O=C(CCCc1ccc(N(CCCl)CCCl)cc1)NCCC[n+]1ccc(/C=C/c2c[nH]c3ccc(F)cc23)cc1.[Br-]. The van der Waals surface area contributed by atoms with Crippen LogP contribution in [0, 0.1) is 5.82 Å². The number of benzene rings is 2. The predicted octanol–water partition coefficient (Wildman–Crippen LogP) is 3.58. The van der Waals surface area contributed by atoms with Crippen LogP contribution in [0.3, 0.4) is 0 Å². The summed E-state index contributed by atoms with van der Waals surface area (Å²) in [6.45, 7) is 3.01. The van der Waals surface area contributed by atoms with Gasteiger partial charge in [-0.05, 0) is 59.9 Å². The quantitative estimate of drug-likeness (QED) is 0.116. The van der Waals surface area contributed by atoms with Crippen LogP contribution in [0.15, 0.2) is 73.2 Å². The molecule has 0 aliphatic rings. The van der Waals surface area contributed by atoms with Crippen molar-refractivity contribution in [1.82, 2.24) is 10.3 Å². The minimum absolute atomic E-state index is 0. The molecule has 2 heterocycles. The van der Waals surface area contributed by atoms with Gasteiger partial charge in [-0.25, -0.2) is 8.96 Å². The third kappa shape index (κ3) is 10.2. The molecule has 0 radical (unpaired) electrons. The van der Waals surface area contributed by atoms with Crippen LogP contribution < -0.4 is 31.8 Å². The summed E-state index contributed by atoms with van der Waals surface area (Å²) >= 11 is 11.8. The second-order valence-corrected chi connectivity index (χ2v) is 10.5. The van der Waals surface area contributed by atoms with Gasteiger partial charge in [0.15, 0.2) is 12.4 Å². The van der Waals surface area contributed by atoms with Crippen molar-refractivity contribution < 1.29 is 30.7 Å². The van der Waals surface area contributed by atoms with Crippen molar-refractivity contribution in [2.45, 2.75) is 32.2 Å². The summed E-state index contributed by atoms with van der Waals surface area (Å²) in [4.78, 5) is 17.6. The van der Waals surface area contributed by atoms with E-state index < -0.39 is 0 Å². The van der Waals surface area contributed by atoms with Crippen LogP contribution in [-0.4, -0.2) is 42.3 Å². The van der Waals surface area contributed by atoms with Crippen LogP contribution in [0.1, 0.15) is 36.0 Å². The lowest BCUT2D eigenvalue weighted by molar-refractivity contribution is -0.697. The van der Waals surface area contributed by atoms with Gasteiger partial charge in [-0.3, -0.25) is 4.79 Å². The third-order valence-electron chi connectivity index (χ3n) is 6.84. The summed E-state index contributed by atoms with van der Waals surface area (Å²) in [6, 6.07) is 17.3. The normalized spacial score (nSPS) is 11.1. The number of pyridine rings is 1. The number of aromatic nitrogens is 2. The van der Waals surface area contributed by atoms with Crippen molar-refractivity contribution in [2.75, 3.05) is 36.3 Å². The summed E-state index contributed by atoms with van der Waals surface area (Å²) < 4.78 is 15.7. The maximum absolute atomic E-state index is 13.6. The molecule has 2 aromatic heterocycles. The maximum atomic E-state index is 13.6. The van der Waals surface area contributed by atoms with Crippen molar-refractivity contribution in [3.8, 4) is 0 Å². The number of rotatable bonds is 15. The Morgan fingerprint density at radius 1 is 0.976 bits per heavy atom. The molecule has 0 spiro atoms. The fraction of sp³-hybridized carbons (Fsp3) is 0.312. The highest BCUT2D eigenvalue weighted by Gasteiger charge is 2.07. The number of nitrogens with zero attached hydrogens (tertiary/aromatic N) is 2. The number of hydrogen-bond acceptors (Lipinski definition) is 2. The molecule has 4 rings (SSSR count). The highest BCUT2D eigenvalue weighted by atomic mass is 79.9. The van der Waals surface area contributed by atoms with E-state index in [1.54, 1.807) is 12.1 Å². The molecular formula is C32H36BrCl2FN4O. The van der Waals surface area contributed by atoms with E-state index in [9.17, 15) is 9.18 Å². The fourth-order valence-electron chi connectivity index (χ4n) is 4.65. The summed E-state index contributed by atoms with van der Waals surface area (Å²) in [5.74, 6) is 0.978. The molecule has 9 heteroatoms. The molecule has 218 valence electrons. The number of carbonyl (C=O) groups excluding carboxylic acids is 1. The number of alkyl halides is 2. The van der Waals surface area contributed by atoms with Crippen molar-refractivity contribution in [3.05, 3.63) is 95.7 Å². The summed E-state index contributed by atoms with van der Waals surface area (Å²) in [5, 5.41) is 3.90. The standard InChI is InChI=1S/C32H35Cl2FN4O.BrH/c33-15-21-39(22-16-34)29-10-6-25(7-11-29)3-1-4-32(40)36-17-2-18-38-19-13-26(14-20-38)5-8-27-24-37-31-12-9-28(35)23-30(27)31;/h5-14,19-20,23-24H,1-4,15-18,21-22H2,(H,36,40);1H. The monoisotopic (exact) mass is 660 g/mol. The van der Waals surface area contributed by atoms with Crippen molar-refractivity contribution in [1.29, 1.82) is 0 Å². The second kappa shape index (κ2) is 17.2. The van der Waals surface area contributed by atoms with E-state index in [1.807, 2.05) is 42.9 Å². The van der Waals surface area contributed by atoms with Gasteiger partial charge in [-0.15, -0.1) is 23.2 Å². The molecule has 5 nitrogen and oxygen atoms in total. The Kier molecular flexibility index (Phi) is 13.7. The Morgan fingerprint density at radius 3 is 2.41 bits per heavy atom. The van der Waals surface area contributed by atoms with Crippen LogP contribution in [0.5, 0.6) is 0 Å². The van der Waals surface area contributed by atoms with Crippen molar-refractivity contribution in [2.24, 2.45) is 0 Å². The molecular weight excluding hydrogens is 626 g/mol. The van der Waals surface area contributed by atoms with E-state index in [-0.39, 0.29) is 28.7 Å². The first-order valence-electron chi connectivity index (χ1n) is 13.7. The molecule has 0 bridgehead atoms. The molecule has 0 fully saturated rings. The van der Waals surface area contributed by atoms with Gasteiger partial charge in [0.2, 0.25) is 5.91 Å². The number of halogens is 4. The van der Waals surface area contributed by atoms with Gasteiger partial charge in [0.05, 0.1) is 0 Å². The number of aryl methyl sites for hydroxylation is 2. The van der Waals surface area contributed by atoms with E-state index in [0.717, 1.165) is 66.6 Å². The lowest BCUT2D eigenvalue weighted by Crippen LogP contribution is -3.00. The molecule has 0 atom stereocenters. The number of fused-ring (bicyclic) bond motifs is 1. The number of H-pyrrole nitrogens is 1. The summed E-state index contributed by atoms with van der Waals surface area (Å²) in [5.41, 5.74) is 5.27. The number of aromatic amines is 1. The number of hydrogen-bond donors (Lipinski definition) is 2. The van der Waals surface area contributed by atoms with E-state index in [1.165, 1.54) is 11.6 Å². The highest BCUT2D eigenvalue weighted by molar-refractivity contribution is 6.18. The molecule has 2 aromatic carbocycles. The second-order valence-electron chi connectivity index (χ2n) is 9.73. The zero-order valence-electron chi connectivity index (χ0n) is 23.0. The third-order valence-corrected chi connectivity index (χ3v) is 7.18. The van der Waals surface area contributed by atoms with Gasteiger partial charge in [0.25, 0.3) is 0 Å². The van der Waals surface area contributed by atoms with Gasteiger partial charge in [0, 0.05) is 79.2 Å². The number of amides is 1. The van der Waals surface area contributed by atoms with Gasteiger partial charge < -0.3 is 32.2 Å². The van der Waals surface area contributed by atoms with Gasteiger partial charge >= 0.3 is 0 Å². The zero-order valence-corrected chi connectivity index (χ0v) is 26.1. The lowest BCUT2D eigenvalue weighted by Gasteiger charge is -2.23. The van der Waals surface area contributed by atoms with Crippen LogP contribution in [0.2, 0.25) is 0 Å². The topological polar surface area (TPSA) is 52.0 Å². The Morgan fingerprint density at radius 2 is 1.71 bits per heavy atom. The van der Waals surface area contributed by atoms with E-state index in [4.69, 9.17) is 23.2 Å². The number of carbonyl (C=O) groups is 1. The molecule has 0 saturated carbocycles. The van der Waals surface area contributed by atoms with Crippen LogP contribution in [0.25, 0.3) is 23.1 Å². The average Bonchev–Trinajstić information content (AvgIpc) is 3.37.